The molecule has 2 aliphatic rings. The molecule has 24 heavy (non-hydrogen) atoms. The van der Waals surface area contributed by atoms with E-state index in [2.05, 4.69) is 0 Å². The van der Waals surface area contributed by atoms with Gasteiger partial charge in [0.15, 0.2) is 0 Å². The zero-order chi connectivity index (χ0) is 16.7. The van der Waals surface area contributed by atoms with Crippen LogP contribution in [0, 0.1) is 0 Å². The minimum absolute atomic E-state index is 0.109. The Morgan fingerprint density at radius 2 is 1.50 bits per heavy atom. The van der Waals surface area contributed by atoms with Gasteiger partial charge in [0.05, 0.1) is 20.0 Å². The molecule has 0 radical (unpaired) electrons. The Morgan fingerprint density at radius 1 is 0.875 bits per heavy atom. The van der Waals surface area contributed by atoms with Crippen LogP contribution in [-0.4, -0.2) is 19.0 Å². The first-order valence-electron chi connectivity index (χ1n) is 7.84. The molecule has 2 atom stereocenters. The van der Waals surface area contributed by atoms with Crippen molar-refractivity contribution >= 4 is 11.9 Å². The maximum atomic E-state index is 12.1. The summed E-state index contributed by atoms with van der Waals surface area (Å²) in [4.78, 5) is 24.1. The number of hydrogen-bond acceptors (Lipinski definition) is 5. The van der Waals surface area contributed by atoms with Crippen molar-refractivity contribution in [2.45, 2.75) is 24.7 Å². The number of esters is 2. The van der Waals surface area contributed by atoms with Crippen molar-refractivity contribution in [1.82, 2.24) is 0 Å². The summed E-state index contributed by atoms with van der Waals surface area (Å²) < 4.78 is 15.9. The van der Waals surface area contributed by atoms with Crippen LogP contribution in [0.1, 0.15) is 35.8 Å². The fourth-order valence-corrected chi connectivity index (χ4v) is 3.54. The van der Waals surface area contributed by atoms with Gasteiger partial charge >= 0.3 is 11.9 Å². The predicted molar refractivity (Wildman–Crippen MR) is 85.4 cm³/mol. The molecule has 5 nitrogen and oxygen atoms in total. The number of carbonyl (C=O) groups excluding carboxylic acids is 2. The molecule has 2 aromatic carbocycles. The molecule has 0 spiro atoms. The van der Waals surface area contributed by atoms with E-state index in [1.165, 1.54) is 0 Å². The number of fused-ring (bicyclic) bond motifs is 2. The molecule has 0 fully saturated rings. The highest BCUT2D eigenvalue weighted by atomic mass is 16.5. The number of para-hydroxylation sites is 1. The van der Waals surface area contributed by atoms with E-state index < -0.39 is 0 Å². The van der Waals surface area contributed by atoms with Gasteiger partial charge in [0, 0.05) is 17.9 Å². The van der Waals surface area contributed by atoms with Crippen LogP contribution in [-0.2, 0) is 9.59 Å². The van der Waals surface area contributed by atoms with Crippen LogP contribution < -0.4 is 14.2 Å². The normalized spacial score (nSPS) is 22.0. The summed E-state index contributed by atoms with van der Waals surface area (Å²) in [5, 5.41) is 0. The Hall–Kier alpha value is -2.82. The van der Waals surface area contributed by atoms with Crippen LogP contribution in [0.5, 0.6) is 17.2 Å². The highest BCUT2D eigenvalue weighted by Gasteiger charge is 2.39. The van der Waals surface area contributed by atoms with Gasteiger partial charge in [0.25, 0.3) is 0 Å². The zero-order valence-electron chi connectivity index (χ0n) is 13.2. The van der Waals surface area contributed by atoms with Crippen LogP contribution in [0.15, 0.2) is 42.5 Å². The minimum Gasteiger partial charge on any atom is -0.497 e. The topological polar surface area (TPSA) is 61.8 Å². The van der Waals surface area contributed by atoms with Gasteiger partial charge in [-0.15, -0.1) is 0 Å². The molecule has 0 aliphatic carbocycles. The monoisotopic (exact) mass is 324 g/mol. The number of ether oxygens (including phenoxy) is 3. The van der Waals surface area contributed by atoms with E-state index in [4.69, 9.17) is 14.2 Å². The van der Waals surface area contributed by atoms with E-state index in [0.717, 1.165) is 11.1 Å². The summed E-state index contributed by atoms with van der Waals surface area (Å²) in [6.07, 6.45) is 0.492. The Bertz CT molecular complexity index is 826. The van der Waals surface area contributed by atoms with Crippen LogP contribution in [0.2, 0.25) is 0 Å². The van der Waals surface area contributed by atoms with Crippen molar-refractivity contribution in [2.75, 3.05) is 7.11 Å². The largest absolute Gasteiger partial charge is 0.497 e. The Morgan fingerprint density at radius 3 is 2.21 bits per heavy atom. The van der Waals surface area contributed by atoms with Gasteiger partial charge in [0.1, 0.15) is 17.2 Å². The average molecular weight is 324 g/mol. The molecule has 0 amide bonds. The molecular weight excluding hydrogens is 308 g/mol. The smallest absolute Gasteiger partial charge is 0.311 e. The first kappa shape index (κ1) is 14.8. The average Bonchev–Trinajstić information content (AvgIpc) is 2.59. The quantitative estimate of drug-likeness (QED) is 0.627. The molecule has 5 heteroatoms. The lowest BCUT2D eigenvalue weighted by Gasteiger charge is -2.34. The highest BCUT2D eigenvalue weighted by Crippen LogP contribution is 2.49. The number of hydrogen-bond donors (Lipinski definition) is 0. The fraction of sp³-hybridized carbons (Fsp3) is 0.263. The molecule has 2 aromatic rings. The van der Waals surface area contributed by atoms with Gasteiger partial charge < -0.3 is 14.2 Å². The molecule has 0 N–H and O–H groups in total. The lowest BCUT2D eigenvalue weighted by Crippen LogP contribution is -2.29. The molecule has 2 heterocycles. The third-order valence-electron chi connectivity index (χ3n) is 4.65. The number of methoxy groups -OCH3 is 1. The number of benzene rings is 2. The number of rotatable bonds is 2. The first-order valence-corrected chi connectivity index (χ1v) is 7.84. The SMILES string of the molecule is COc1ccc2c(c1)OC(=O)C[C@H]2[C@H]1CC(=O)Oc2ccccc21. The summed E-state index contributed by atoms with van der Waals surface area (Å²) in [6, 6.07) is 13.0. The first-order chi connectivity index (χ1) is 11.7. The summed E-state index contributed by atoms with van der Waals surface area (Å²) in [7, 11) is 1.57. The van der Waals surface area contributed by atoms with Crippen LogP contribution in [0.4, 0.5) is 0 Å². The summed E-state index contributed by atoms with van der Waals surface area (Å²) in [6.45, 7) is 0. The Kier molecular flexibility index (Phi) is 3.49. The second-order valence-electron chi connectivity index (χ2n) is 6.01. The third kappa shape index (κ3) is 2.42. The van der Waals surface area contributed by atoms with E-state index >= 15 is 0 Å². The Labute approximate surface area is 139 Å². The van der Waals surface area contributed by atoms with Gasteiger partial charge in [-0.25, -0.2) is 0 Å². The molecule has 0 saturated carbocycles. The van der Waals surface area contributed by atoms with Gasteiger partial charge in [0.2, 0.25) is 0 Å². The molecule has 0 aromatic heterocycles. The minimum atomic E-state index is -0.294. The van der Waals surface area contributed by atoms with Crippen molar-refractivity contribution in [3.63, 3.8) is 0 Å². The third-order valence-corrected chi connectivity index (χ3v) is 4.65. The van der Waals surface area contributed by atoms with E-state index in [9.17, 15) is 9.59 Å². The fourth-order valence-electron chi connectivity index (χ4n) is 3.54. The van der Waals surface area contributed by atoms with Crippen molar-refractivity contribution < 1.29 is 23.8 Å². The van der Waals surface area contributed by atoms with Gasteiger partial charge in [-0.1, -0.05) is 24.3 Å². The van der Waals surface area contributed by atoms with E-state index in [1.807, 2.05) is 30.3 Å². The van der Waals surface area contributed by atoms with Crippen LogP contribution >= 0.6 is 0 Å². The predicted octanol–water partition coefficient (Wildman–Crippen LogP) is 3.18. The molecule has 4 rings (SSSR count). The second kappa shape index (κ2) is 5.67. The van der Waals surface area contributed by atoms with Gasteiger partial charge in [-0.2, -0.15) is 0 Å². The van der Waals surface area contributed by atoms with E-state index in [0.29, 0.717) is 17.2 Å². The zero-order valence-corrected chi connectivity index (χ0v) is 13.2. The molecule has 0 saturated heterocycles. The summed E-state index contributed by atoms with van der Waals surface area (Å²) >= 11 is 0. The van der Waals surface area contributed by atoms with Crippen molar-refractivity contribution in [1.29, 1.82) is 0 Å². The molecular formula is C19H16O5. The van der Waals surface area contributed by atoms with E-state index in [-0.39, 0.29) is 36.6 Å². The van der Waals surface area contributed by atoms with E-state index in [1.54, 1.807) is 19.2 Å². The molecule has 2 aliphatic heterocycles. The standard InChI is InChI=1S/C19H16O5/c1-22-11-6-7-13-15(10-19(21)24-17(13)8-11)14-9-18(20)23-16-5-3-2-4-12(14)16/h2-8,14-15H,9-10H2,1H3/t14-,15+/m0/s1. The summed E-state index contributed by atoms with van der Waals surface area (Å²) in [5.74, 6) is 0.916. The van der Waals surface area contributed by atoms with Crippen molar-refractivity contribution in [3.05, 3.63) is 53.6 Å². The van der Waals surface area contributed by atoms with Crippen LogP contribution in [0.3, 0.4) is 0 Å². The van der Waals surface area contributed by atoms with Gasteiger partial charge in [-0.3, -0.25) is 9.59 Å². The lowest BCUT2D eigenvalue weighted by atomic mass is 9.75. The molecule has 0 unspecified atom stereocenters. The van der Waals surface area contributed by atoms with Gasteiger partial charge in [-0.05, 0) is 23.3 Å². The second-order valence-corrected chi connectivity index (χ2v) is 6.01. The maximum absolute atomic E-state index is 12.1. The van der Waals surface area contributed by atoms with Crippen LogP contribution in [0.25, 0.3) is 0 Å². The summed E-state index contributed by atoms with van der Waals surface area (Å²) in [5.41, 5.74) is 1.88. The number of carbonyl (C=O) groups is 2. The Balaban J connectivity index is 1.80. The molecule has 122 valence electrons. The van der Waals surface area contributed by atoms with Crippen molar-refractivity contribution in [3.8, 4) is 17.2 Å². The lowest BCUT2D eigenvalue weighted by molar-refractivity contribution is -0.139. The maximum Gasteiger partial charge on any atom is 0.311 e. The van der Waals surface area contributed by atoms with Crippen molar-refractivity contribution in [2.24, 2.45) is 0 Å². The molecule has 0 bridgehead atoms. The highest BCUT2D eigenvalue weighted by molar-refractivity contribution is 5.80.